The molecule has 0 aliphatic rings. The van der Waals surface area contributed by atoms with Crippen LogP contribution in [0.5, 0.6) is 0 Å². The number of carbonyl (C=O) groups is 1. The largest absolute Gasteiger partial charge is 0.481 e. The Bertz CT molecular complexity index is 1780. The van der Waals surface area contributed by atoms with Gasteiger partial charge in [0, 0.05) is 26.9 Å². The second-order valence-electron chi connectivity index (χ2n) is 7.80. The Hall–Kier alpha value is -4.45. The SMILES string of the molecule is O=C(O)Cc1ccc(-n2c(=O)c3ccc4oc5ccccc5c5ccc(c2=O)c3c45)cc1. The highest BCUT2D eigenvalue weighted by Gasteiger charge is 2.19. The van der Waals surface area contributed by atoms with Gasteiger partial charge in [-0.25, -0.2) is 4.57 Å². The highest BCUT2D eigenvalue weighted by molar-refractivity contribution is 6.26. The molecule has 6 rings (SSSR count). The van der Waals surface area contributed by atoms with Gasteiger partial charge in [0.15, 0.2) is 0 Å². The first-order chi connectivity index (χ1) is 15.5. The molecule has 0 amide bonds. The molecule has 6 heteroatoms. The number of nitrogens with zero attached hydrogens (tertiary/aromatic N) is 1. The molecule has 1 N–H and O–H groups in total. The maximum absolute atomic E-state index is 13.4. The van der Waals surface area contributed by atoms with Gasteiger partial charge in [-0.05, 0) is 47.3 Å². The van der Waals surface area contributed by atoms with Gasteiger partial charge in [0.25, 0.3) is 11.1 Å². The van der Waals surface area contributed by atoms with E-state index in [9.17, 15) is 14.4 Å². The molecular formula is C26H15NO5. The standard InChI is InChI=1S/C26H15NO5/c28-22(29)13-14-5-7-15(8-6-14)27-25(30)18-10-9-17-16-3-1-2-4-20(16)32-21-12-11-19(26(27)31)23(18)24(17)21/h1-12H,13H2,(H,28,29). The molecule has 2 heterocycles. The van der Waals surface area contributed by atoms with Crippen LogP contribution < -0.4 is 11.1 Å². The zero-order valence-corrected chi connectivity index (χ0v) is 16.7. The Balaban J connectivity index is 1.70. The first-order valence-electron chi connectivity index (χ1n) is 10.1. The predicted octanol–water partition coefficient (Wildman–Crippen LogP) is 4.47. The molecule has 6 aromatic rings. The van der Waals surface area contributed by atoms with Crippen molar-refractivity contribution in [3.63, 3.8) is 0 Å². The van der Waals surface area contributed by atoms with Crippen molar-refractivity contribution in [1.29, 1.82) is 0 Å². The summed E-state index contributed by atoms with van der Waals surface area (Å²) in [5.41, 5.74) is 1.50. The molecule has 0 aliphatic heterocycles. The number of hydrogen-bond acceptors (Lipinski definition) is 4. The molecule has 0 radical (unpaired) electrons. The van der Waals surface area contributed by atoms with Crippen LogP contribution in [0, 0.1) is 0 Å². The Morgan fingerprint density at radius 3 is 2.09 bits per heavy atom. The third kappa shape index (κ3) is 2.50. The van der Waals surface area contributed by atoms with E-state index in [-0.39, 0.29) is 6.42 Å². The first-order valence-corrected chi connectivity index (χ1v) is 10.1. The summed E-state index contributed by atoms with van der Waals surface area (Å²) < 4.78 is 7.21. The third-order valence-electron chi connectivity index (χ3n) is 5.94. The Morgan fingerprint density at radius 1 is 0.719 bits per heavy atom. The molecule has 0 aliphatic carbocycles. The molecule has 2 aromatic heterocycles. The molecule has 0 fully saturated rings. The second-order valence-corrected chi connectivity index (χ2v) is 7.80. The van der Waals surface area contributed by atoms with Gasteiger partial charge in [0.1, 0.15) is 11.2 Å². The highest BCUT2D eigenvalue weighted by Crippen LogP contribution is 2.36. The lowest BCUT2D eigenvalue weighted by Crippen LogP contribution is -2.31. The third-order valence-corrected chi connectivity index (χ3v) is 5.94. The van der Waals surface area contributed by atoms with Crippen LogP contribution in [0.15, 0.2) is 86.8 Å². The van der Waals surface area contributed by atoms with E-state index in [2.05, 4.69) is 0 Å². The quantitative estimate of drug-likeness (QED) is 0.336. The van der Waals surface area contributed by atoms with Crippen molar-refractivity contribution in [1.82, 2.24) is 4.57 Å². The fourth-order valence-electron chi connectivity index (χ4n) is 4.53. The monoisotopic (exact) mass is 421 g/mol. The summed E-state index contributed by atoms with van der Waals surface area (Å²) in [5, 5.41) is 13.0. The minimum atomic E-state index is -0.944. The lowest BCUT2D eigenvalue weighted by atomic mass is 9.96. The lowest BCUT2D eigenvalue weighted by molar-refractivity contribution is -0.136. The van der Waals surface area contributed by atoms with E-state index >= 15 is 0 Å². The van der Waals surface area contributed by atoms with Gasteiger partial charge in [0.05, 0.1) is 12.1 Å². The summed E-state index contributed by atoms with van der Waals surface area (Å²) in [5.74, 6) is -0.944. The second kappa shape index (κ2) is 6.52. The van der Waals surface area contributed by atoms with Crippen molar-refractivity contribution >= 4 is 49.5 Å². The van der Waals surface area contributed by atoms with Crippen molar-refractivity contribution in [2.45, 2.75) is 6.42 Å². The fourth-order valence-corrected chi connectivity index (χ4v) is 4.53. The summed E-state index contributed by atoms with van der Waals surface area (Å²) in [4.78, 5) is 37.8. The number of para-hydroxylation sites is 1. The average Bonchev–Trinajstić information content (AvgIpc) is 2.79. The van der Waals surface area contributed by atoms with Gasteiger partial charge in [-0.3, -0.25) is 14.4 Å². The van der Waals surface area contributed by atoms with E-state index in [0.29, 0.717) is 33.0 Å². The van der Waals surface area contributed by atoms with Gasteiger partial charge in [-0.2, -0.15) is 0 Å². The van der Waals surface area contributed by atoms with Gasteiger partial charge >= 0.3 is 5.97 Å². The number of hydrogen-bond donors (Lipinski definition) is 1. The first kappa shape index (κ1) is 18.3. The number of carboxylic acids is 1. The van der Waals surface area contributed by atoms with E-state index in [1.165, 1.54) is 0 Å². The van der Waals surface area contributed by atoms with E-state index in [0.717, 1.165) is 26.3 Å². The van der Waals surface area contributed by atoms with Gasteiger partial charge < -0.3 is 9.52 Å². The van der Waals surface area contributed by atoms with Crippen LogP contribution in [0.1, 0.15) is 5.56 Å². The molecular weight excluding hydrogens is 406 g/mol. The minimum Gasteiger partial charge on any atom is -0.481 e. The molecule has 0 spiro atoms. The molecule has 6 nitrogen and oxygen atoms in total. The van der Waals surface area contributed by atoms with E-state index in [4.69, 9.17) is 9.52 Å². The van der Waals surface area contributed by atoms with Crippen molar-refractivity contribution in [2.24, 2.45) is 0 Å². The Labute approximate surface area is 179 Å². The van der Waals surface area contributed by atoms with Crippen LogP contribution in [-0.4, -0.2) is 15.6 Å². The molecule has 0 saturated heterocycles. The molecule has 0 atom stereocenters. The minimum absolute atomic E-state index is 0.128. The van der Waals surface area contributed by atoms with Crippen LogP contribution in [0.2, 0.25) is 0 Å². The topological polar surface area (TPSA) is 89.5 Å². The highest BCUT2D eigenvalue weighted by atomic mass is 16.4. The van der Waals surface area contributed by atoms with Crippen molar-refractivity contribution < 1.29 is 14.3 Å². The predicted molar refractivity (Wildman–Crippen MR) is 123 cm³/mol. The van der Waals surface area contributed by atoms with Crippen molar-refractivity contribution in [3.8, 4) is 5.69 Å². The summed E-state index contributed by atoms with van der Waals surface area (Å²) in [6.07, 6.45) is -0.128. The van der Waals surface area contributed by atoms with E-state index in [1.807, 2.05) is 30.3 Å². The zero-order valence-electron chi connectivity index (χ0n) is 16.7. The van der Waals surface area contributed by atoms with E-state index < -0.39 is 17.1 Å². The maximum Gasteiger partial charge on any atom is 0.307 e. The normalized spacial score (nSPS) is 11.8. The molecule has 4 aromatic carbocycles. The Kier molecular flexibility index (Phi) is 3.74. The maximum atomic E-state index is 13.4. The number of aliphatic carboxylic acids is 1. The van der Waals surface area contributed by atoms with Gasteiger partial charge in [-0.15, -0.1) is 0 Å². The van der Waals surface area contributed by atoms with Crippen LogP contribution in [0.3, 0.4) is 0 Å². The summed E-state index contributed by atoms with van der Waals surface area (Å²) in [6.45, 7) is 0. The molecule has 0 saturated carbocycles. The summed E-state index contributed by atoms with van der Waals surface area (Å²) in [6, 6.07) is 21.2. The average molecular weight is 421 g/mol. The van der Waals surface area contributed by atoms with Gasteiger partial charge in [0.2, 0.25) is 0 Å². The smallest absolute Gasteiger partial charge is 0.307 e. The van der Waals surface area contributed by atoms with Crippen LogP contribution in [-0.2, 0) is 11.2 Å². The molecule has 154 valence electrons. The van der Waals surface area contributed by atoms with Crippen molar-refractivity contribution in [2.75, 3.05) is 0 Å². The number of carboxylic acid groups (broad SMARTS) is 1. The van der Waals surface area contributed by atoms with E-state index in [1.54, 1.807) is 42.5 Å². The fraction of sp³-hybridized carbons (Fsp3) is 0.0385. The van der Waals surface area contributed by atoms with Crippen LogP contribution >= 0.6 is 0 Å². The summed E-state index contributed by atoms with van der Waals surface area (Å²) in [7, 11) is 0. The van der Waals surface area contributed by atoms with Crippen LogP contribution in [0.4, 0.5) is 0 Å². The Morgan fingerprint density at radius 2 is 1.38 bits per heavy atom. The lowest BCUT2D eigenvalue weighted by Gasteiger charge is -2.14. The molecule has 0 bridgehead atoms. The van der Waals surface area contributed by atoms with Crippen LogP contribution in [0.25, 0.3) is 49.2 Å². The number of fused-ring (bicyclic) bond motifs is 2. The zero-order chi connectivity index (χ0) is 22.0. The number of aromatic nitrogens is 1. The van der Waals surface area contributed by atoms with Gasteiger partial charge in [-0.1, -0.05) is 36.4 Å². The summed E-state index contributed by atoms with van der Waals surface area (Å²) >= 11 is 0. The number of pyridine rings is 1. The number of benzene rings is 4. The van der Waals surface area contributed by atoms with Crippen molar-refractivity contribution in [3.05, 3.63) is 99.1 Å². The number of rotatable bonds is 3. The molecule has 0 unspecified atom stereocenters. The molecule has 32 heavy (non-hydrogen) atoms.